The molecule has 1 N–H and O–H groups in total. The van der Waals surface area contributed by atoms with Gasteiger partial charge in [-0.25, -0.2) is 4.98 Å². The first-order valence-electron chi connectivity index (χ1n) is 7.11. The van der Waals surface area contributed by atoms with Crippen LogP contribution in [0.25, 0.3) is 0 Å². The van der Waals surface area contributed by atoms with E-state index in [9.17, 15) is 4.79 Å². The fourth-order valence-corrected chi connectivity index (χ4v) is 3.09. The van der Waals surface area contributed by atoms with Crippen LogP contribution < -0.4 is 10.9 Å². The molecule has 0 spiro atoms. The first-order chi connectivity index (χ1) is 10.1. The van der Waals surface area contributed by atoms with Crippen molar-refractivity contribution in [1.29, 1.82) is 0 Å². The monoisotopic (exact) mass is 351 g/mol. The van der Waals surface area contributed by atoms with Crippen LogP contribution in [-0.4, -0.2) is 25.9 Å². The second-order valence-corrected chi connectivity index (χ2v) is 5.98. The number of hydrogen-bond donors (Lipinski definition) is 1. The van der Waals surface area contributed by atoms with Crippen LogP contribution in [0.2, 0.25) is 0 Å². The summed E-state index contributed by atoms with van der Waals surface area (Å²) in [4.78, 5) is 17.0. The number of nitrogens with zero attached hydrogens (tertiary/aromatic N) is 4. The summed E-state index contributed by atoms with van der Waals surface area (Å²) in [6, 6.07) is 0. The van der Waals surface area contributed by atoms with Crippen LogP contribution >= 0.6 is 15.9 Å². The Morgan fingerprint density at radius 2 is 2.29 bits per heavy atom. The molecule has 2 aromatic heterocycles. The van der Waals surface area contributed by atoms with Gasteiger partial charge in [0.15, 0.2) is 0 Å². The summed E-state index contributed by atoms with van der Waals surface area (Å²) in [7, 11) is 0. The quantitative estimate of drug-likeness (QED) is 0.902. The van der Waals surface area contributed by atoms with Gasteiger partial charge in [0.05, 0.1) is 34.4 Å². The summed E-state index contributed by atoms with van der Waals surface area (Å²) >= 11 is 3.57. The van der Waals surface area contributed by atoms with Gasteiger partial charge in [-0.05, 0) is 42.7 Å². The van der Waals surface area contributed by atoms with Gasteiger partial charge in [-0.3, -0.25) is 14.0 Å². The van der Waals surface area contributed by atoms with E-state index in [2.05, 4.69) is 31.3 Å². The molecule has 2 aromatic rings. The highest BCUT2D eigenvalue weighted by atomic mass is 79.9. The Labute approximate surface area is 131 Å². The molecule has 1 aliphatic heterocycles. The SMILES string of the molecule is CCn1nc(C)c(Br)c1Cn1cnc2c(c1=O)CCNC2. The van der Waals surface area contributed by atoms with Crippen LogP contribution in [0.5, 0.6) is 0 Å². The van der Waals surface area contributed by atoms with Gasteiger partial charge in [-0.15, -0.1) is 0 Å². The van der Waals surface area contributed by atoms with Crippen molar-refractivity contribution in [3.05, 3.63) is 43.8 Å². The minimum atomic E-state index is 0.0647. The van der Waals surface area contributed by atoms with E-state index in [0.29, 0.717) is 13.1 Å². The Hall–Kier alpha value is -1.47. The van der Waals surface area contributed by atoms with Crippen LogP contribution in [0.4, 0.5) is 0 Å². The summed E-state index contributed by atoms with van der Waals surface area (Å²) < 4.78 is 4.57. The van der Waals surface area contributed by atoms with Crippen LogP contribution in [0, 0.1) is 6.92 Å². The van der Waals surface area contributed by atoms with Crippen molar-refractivity contribution >= 4 is 15.9 Å². The highest BCUT2D eigenvalue weighted by Gasteiger charge is 2.18. The minimum absolute atomic E-state index is 0.0647. The van der Waals surface area contributed by atoms with Gasteiger partial charge in [0.25, 0.3) is 5.56 Å². The zero-order valence-corrected chi connectivity index (χ0v) is 13.8. The van der Waals surface area contributed by atoms with Gasteiger partial charge in [0.2, 0.25) is 0 Å². The molecule has 0 atom stereocenters. The Bertz CT molecular complexity index is 734. The van der Waals surface area contributed by atoms with Crippen molar-refractivity contribution in [3.63, 3.8) is 0 Å². The standard InChI is InChI=1S/C14H18BrN5O/c1-3-20-12(13(15)9(2)18-20)7-19-8-17-11-6-16-5-4-10(11)14(19)21/h8,16H,3-7H2,1-2H3. The molecule has 0 aromatic carbocycles. The zero-order chi connectivity index (χ0) is 15.0. The third kappa shape index (κ3) is 2.55. The predicted octanol–water partition coefficient (Wildman–Crippen LogP) is 1.22. The molecule has 3 rings (SSSR count). The maximum absolute atomic E-state index is 12.6. The molecule has 112 valence electrons. The maximum Gasteiger partial charge on any atom is 0.257 e. The van der Waals surface area contributed by atoms with Crippen LogP contribution in [-0.2, 0) is 26.1 Å². The number of rotatable bonds is 3. The molecule has 0 fully saturated rings. The van der Waals surface area contributed by atoms with Crippen molar-refractivity contribution in [2.24, 2.45) is 0 Å². The summed E-state index contributed by atoms with van der Waals surface area (Å²) in [6.07, 6.45) is 2.39. The summed E-state index contributed by atoms with van der Waals surface area (Å²) in [5.41, 5.74) is 3.73. The Morgan fingerprint density at radius 1 is 1.48 bits per heavy atom. The maximum atomic E-state index is 12.6. The number of hydrogen-bond acceptors (Lipinski definition) is 4. The molecule has 0 saturated heterocycles. The topological polar surface area (TPSA) is 64.7 Å². The number of aromatic nitrogens is 4. The molecule has 6 nitrogen and oxygen atoms in total. The molecule has 0 aliphatic carbocycles. The zero-order valence-electron chi connectivity index (χ0n) is 12.2. The second kappa shape index (κ2) is 5.73. The molecular formula is C14H18BrN5O. The van der Waals surface area contributed by atoms with Crippen LogP contribution in [0.15, 0.2) is 15.6 Å². The van der Waals surface area contributed by atoms with Crippen molar-refractivity contribution in [2.75, 3.05) is 6.54 Å². The molecule has 0 amide bonds. The molecule has 0 unspecified atom stereocenters. The minimum Gasteiger partial charge on any atom is -0.311 e. The van der Waals surface area contributed by atoms with E-state index in [1.807, 2.05) is 18.5 Å². The Morgan fingerprint density at radius 3 is 3.05 bits per heavy atom. The Balaban J connectivity index is 2.01. The molecule has 3 heterocycles. The third-order valence-electron chi connectivity index (χ3n) is 3.84. The summed E-state index contributed by atoms with van der Waals surface area (Å²) in [5.74, 6) is 0. The highest BCUT2D eigenvalue weighted by Crippen LogP contribution is 2.21. The smallest absolute Gasteiger partial charge is 0.257 e. The first-order valence-corrected chi connectivity index (χ1v) is 7.90. The lowest BCUT2D eigenvalue weighted by atomic mass is 10.1. The van der Waals surface area contributed by atoms with Crippen molar-refractivity contribution in [3.8, 4) is 0 Å². The first kappa shape index (κ1) is 14.5. The van der Waals surface area contributed by atoms with E-state index in [1.165, 1.54) is 0 Å². The van der Waals surface area contributed by atoms with Crippen molar-refractivity contribution in [2.45, 2.75) is 39.9 Å². The molecule has 0 bridgehead atoms. The van der Waals surface area contributed by atoms with E-state index in [0.717, 1.165) is 46.6 Å². The number of nitrogens with one attached hydrogen (secondary N) is 1. The number of halogens is 1. The summed E-state index contributed by atoms with van der Waals surface area (Å²) in [6.45, 7) is 6.78. The molecule has 7 heteroatoms. The van der Waals surface area contributed by atoms with E-state index < -0.39 is 0 Å². The summed E-state index contributed by atoms with van der Waals surface area (Å²) in [5, 5.41) is 7.70. The number of fused-ring (bicyclic) bond motifs is 1. The second-order valence-electron chi connectivity index (χ2n) is 5.19. The van der Waals surface area contributed by atoms with E-state index >= 15 is 0 Å². The normalized spacial score (nSPS) is 14.2. The molecule has 1 aliphatic rings. The van der Waals surface area contributed by atoms with Crippen molar-refractivity contribution in [1.82, 2.24) is 24.6 Å². The molecule has 0 radical (unpaired) electrons. The van der Waals surface area contributed by atoms with E-state index in [4.69, 9.17) is 0 Å². The van der Waals surface area contributed by atoms with Gasteiger partial charge < -0.3 is 5.32 Å². The lowest BCUT2D eigenvalue weighted by molar-refractivity contribution is 0.567. The van der Waals surface area contributed by atoms with Gasteiger partial charge >= 0.3 is 0 Å². The van der Waals surface area contributed by atoms with Crippen molar-refractivity contribution < 1.29 is 0 Å². The average molecular weight is 352 g/mol. The highest BCUT2D eigenvalue weighted by molar-refractivity contribution is 9.10. The Kier molecular flexibility index (Phi) is 3.95. The van der Waals surface area contributed by atoms with Crippen LogP contribution in [0.1, 0.15) is 29.6 Å². The molecule has 21 heavy (non-hydrogen) atoms. The largest absolute Gasteiger partial charge is 0.311 e. The number of aryl methyl sites for hydroxylation is 2. The van der Waals surface area contributed by atoms with Gasteiger partial charge in [0.1, 0.15) is 0 Å². The average Bonchev–Trinajstić information content (AvgIpc) is 2.78. The fraction of sp³-hybridized carbons (Fsp3) is 0.500. The fourth-order valence-electron chi connectivity index (χ4n) is 2.68. The van der Waals surface area contributed by atoms with Crippen LogP contribution in [0.3, 0.4) is 0 Å². The van der Waals surface area contributed by atoms with Gasteiger partial charge in [-0.2, -0.15) is 5.10 Å². The predicted molar refractivity (Wildman–Crippen MR) is 83.3 cm³/mol. The van der Waals surface area contributed by atoms with E-state index in [1.54, 1.807) is 10.9 Å². The lowest BCUT2D eigenvalue weighted by Gasteiger charge is -2.17. The molecule has 0 saturated carbocycles. The third-order valence-corrected chi connectivity index (χ3v) is 4.87. The van der Waals surface area contributed by atoms with Gasteiger partial charge in [-0.1, -0.05) is 0 Å². The van der Waals surface area contributed by atoms with E-state index in [-0.39, 0.29) is 5.56 Å². The van der Waals surface area contributed by atoms with Gasteiger partial charge in [0, 0.05) is 18.7 Å². The molecular weight excluding hydrogens is 334 g/mol. The lowest BCUT2D eigenvalue weighted by Crippen LogP contribution is -2.34.